The van der Waals surface area contributed by atoms with Crippen LogP contribution in [0.2, 0.25) is 0 Å². The number of aromatic nitrogens is 1. The minimum atomic E-state index is -3.78. The molecular weight excluding hydrogens is 556 g/mol. The van der Waals surface area contributed by atoms with Crippen LogP contribution in [0.15, 0.2) is 76.6 Å². The number of carbonyl (C=O) groups is 2. The average molecular weight is 581 g/mol. The van der Waals surface area contributed by atoms with E-state index in [0.29, 0.717) is 23.2 Å². The van der Waals surface area contributed by atoms with Crippen molar-refractivity contribution in [2.75, 3.05) is 13.2 Å². The van der Waals surface area contributed by atoms with Gasteiger partial charge in [-0.25, -0.2) is 8.42 Å². The highest BCUT2D eigenvalue weighted by Crippen LogP contribution is 2.26. The summed E-state index contributed by atoms with van der Waals surface area (Å²) < 4.78 is 34.9. The molecule has 4 aromatic rings. The Morgan fingerprint density at radius 3 is 2.50 bits per heavy atom. The van der Waals surface area contributed by atoms with Crippen LogP contribution in [-0.4, -0.2) is 47.2 Å². The smallest absolute Gasteiger partial charge is 0.326 e. The number of hydrogen-bond acceptors (Lipinski definition) is 8. The number of nitro benzene ring substituents is 1. The quantitative estimate of drug-likeness (QED) is 0.185. The zero-order chi connectivity index (χ0) is 28.4. The summed E-state index contributed by atoms with van der Waals surface area (Å²) in [5, 5.41) is 11.2. The lowest BCUT2D eigenvalue weighted by atomic mass is 10.0. The SMILES string of the molecule is CCOC(=O)Cn1c(=NC(=O)c2ccc(S(=O)(=O)N3CCc4ccccc4C3)cc2)sc2cc([N+](=O)[O-])ccc21. The lowest BCUT2D eigenvalue weighted by Crippen LogP contribution is -2.35. The van der Waals surface area contributed by atoms with Crippen molar-refractivity contribution in [3.05, 3.63) is 98.3 Å². The number of ether oxygens (including phenoxy) is 1. The zero-order valence-corrected chi connectivity index (χ0v) is 23.0. The molecule has 0 unspecified atom stereocenters. The number of benzene rings is 3. The highest BCUT2D eigenvalue weighted by molar-refractivity contribution is 7.89. The molecule has 5 rings (SSSR count). The first-order chi connectivity index (χ1) is 19.2. The minimum absolute atomic E-state index is 0.0648. The number of thiazole rings is 1. The van der Waals surface area contributed by atoms with Crippen molar-refractivity contribution in [3.8, 4) is 0 Å². The lowest BCUT2D eigenvalue weighted by Gasteiger charge is -2.28. The van der Waals surface area contributed by atoms with E-state index in [4.69, 9.17) is 4.74 Å². The van der Waals surface area contributed by atoms with E-state index < -0.39 is 26.8 Å². The summed E-state index contributed by atoms with van der Waals surface area (Å²) in [7, 11) is -3.78. The molecule has 2 heterocycles. The molecule has 0 spiro atoms. The minimum Gasteiger partial charge on any atom is -0.465 e. The number of non-ortho nitro benzene ring substituents is 1. The maximum absolute atomic E-state index is 13.3. The second-order valence-corrected chi connectivity index (χ2v) is 11.9. The van der Waals surface area contributed by atoms with Gasteiger partial charge in [0.25, 0.3) is 11.6 Å². The number of esters is 1. The molecule has 11 nitrogen and oxygen atoms in total. The van der Waals surface area contributed by atoms with Gasteiger partial charge in [-0.3, -0.25) is 19.7 Å². The number of sulfonamides is 1. The third kappa shape index (κ3) is 5.43. The van der Waals surface area contributed by atoms with Crippen molar-refractivity contribution >= 4 is 49.1 Å². The summed E-state index contributed by atoms with van der Waals surface area (Å²) in [6, 6.07) is 17.4. The van der Waals surface area contributed by atoms with E-state index in [9.17, 15) is 28.1 Å². The van der Waals surface area contributed by atoms with Gasteiger partial charge in [0.15, 0.2) is 4.80 Å². The first kappa shape index (κ1) is 27.4. The van der Waals surface area contributed by atoms with Gasteiger partial charge in [-0.1, -0.05) is 35.6 Å². The third-order valence-corrected chi connectivity index (χ3v) is 9.40. The number of rotatable bonds is 7. The van der Waals surface area contributed by atoms with Crippen molar-refractivity contribution in [2.24, 2.45) is 4.99 Å². The number of fused-ring (bicyclic) bond motifs is 2. The number of nitro groups is 1. The maximum Gasteiger partial charge on any atom is 0.326 e. The fourth-order valence-corrected chi connectivity index (χ4v) is 6.97. The van der Waals surface area contributed by atoms with E-state index in [0.717, 1.165) is 22.5 Å². The van der Waals surface area contributed by atoms with E-state index in [2.05, 4.69) is 4.99 Å². The van der Waals surface area contributed by atoms with Crippen LogP contribution in [0.4, 0.5) is 5.69 Å². The van der Waals surface area contributed by atoms with Crippen LogP contribution in [0.25, 0.3) is 10.2 Å². The highest BCUT2D eigenvalue weighted by Gasteiger charge is 2.28. The fraction of sp³-hybridized carbons (Fsp3) is 0.222. The topological polar surface area (TPSA) is 141 Å². The van der Waals surface area contributed by atoms with Gasteiger partial charge in [0.05, 0.1) is 26.6 Å². The molecule has 13 heteroatoms. The number of carbonyl (C=O) groups excluding carboxylic acids is 2. The van der Waals surface area contributed by atoms with Crippen LogP contribution in [-0.2, 0) is 39.1 Å². The zero-order valence-electron chi connectivity index (χ0n) is 21.3. The number of hydrogen-bond donors (Lipinski definition) is 0. The van der Waals surface area contributed by atoms with E-state index in [-0.39, 0.29) is 40.6 Å². The summed E-state index contributed by atoms with van der Waals surface area (Å²) >= 11 is 1.02. The molecule has 0 aliphatic carbocycles. The van der Waals surface area contributed by atoms with Crippen LogP contribution in [0.1, 0.15) is 28.4 Å². The van der Waals surface area contributed by atoms with Crippen molar-refractivity contribution < 1.29 is 27.7 Å². The molecule has 0 N–H and O–H groups in total. The highest BCUT2D eigenvalue weighted by atomic mass is 32.2. The lowest BCUT2D eigenvalue weighted by molar-refractivity contribution is -0.384. The summed E-state index contributed by atoms with van der Waals surface area (Å²) in [5.41, 5.74) is 2.60. The standard InChI is InChI=1S/C27H24N4O7S2/c1-2-38-25(32)17-30-23-12-9-21(31(34)35)15-24(23)39-27(30)28-26(33)19-7-10-22(11-8-19)40(36,37)29-14-13-18-5-3-4-6-20(18)16-29/h3-12,15H,2,13-14,16-17H2,1H3. The number of amides is 1. The van der Waals surface area contributed by atoms with Gasteiger partial charge >= 0.3 is 5.97 Å². The maximum atomic E-state index is 13.3. The third-order valence-electron chi connectivity index (χ3n) is 6.50. The van der Waals surface area contributed by atoms with Gasteiger partial charge in [0.1, 0.15) is 6.54 Å². The first-order valence-electron chi connectivity index (χ1n) is 12.4. The molecule has 3 aromatic carbocycles. The summed E-state index contributed by atoms with van der Waals surface area (Å²) in [6.45, 7) is 2.23. The van der Waals surface area contributed by atoms with Crippen LogP contribution >= 0.6 is 11.3 Å². The molecule has 0 radical (unpaired) electrons. The molecule has 40 heavy (non-hydrogen) atoms. The van der Waals surface area contributed by atoms with Gasteiger partial charge in [-0.2, -0.15) is 9.30 Å². The van der Waals surface area contributed by atoms with E-state index in [1.807, 2.05) is 24.3 Å². The molecule has 1 aliphatic heterocycles. The van der Waals surface area contributed by atoms with E-state index in [1.54, 1.807) is 6.92 Å². The van der Waals surface area contributed by atoms with Crippen LogP contribution < -0.4 is 4.80 Å². The average Bonchev–Trinajstić information content (AvgIpc) is 3.28. The molecule has 0 bridgehead atoms. The summed E-state index contributed by atoms with van der Waals surface area (Å²) in [4.78, 5) is 40.4. The first-order valence-corrected chi connectivity index (χ1v) is 14.6. The van der Waals surface area contributed by atoms with Crippen LogP contribution in [0, 0.1) is 10.1 Å². The molecule has 0 atom stereocenters. The predicted octanol–water partition coefficient (Wildman–Crippen LogP) is 3.66. The van der Waals surface area contributed by atoms with Crippen molar-refractivity contribution in [2.45, 2.75) is 31.3 Å². The van der Waals surface area contributed by atoms with Crippen molar-refractivity contribution in [1.82, 2.24) is 8.87 Å². The molecule has 1 amide bonds. The predicted molar refractivity (Wildman–Crippen MR) is 147 cm³/mol. The molecule has 1 aliphatic rings. The second-order valence-electron chi connectivity index (χ2n) is 8.98. The van der Waals surface area contributed by atoms with Crippen molar-refractivity contribution in [1.29, 1.82) is 0 Å². The van der Waals surface area contributed by atoms with Gasteiger partial charge in [0.2, 0.25) is 10.0 Å². The molecule has 0 saturated carbocycles. The van der Waals surface area contributed by atoms with E-state index >= 15 is 0 Å². The molecular formula is C27H24N4O7S2. The Morgan fingerprint density at radius 1 is 1.07 bits per heavy atom. The molecule has 0 fully saturated rings. The van der Waals surface area contributed by atoms with Crippen LogP contribution in [0.3, 0.4) is 0 Å². The van der Waals surface area contributed by atoms with Gasteiger partial charge < -0.3 is 9.30 Å². The van der Waals surface area contributed by atoms with Gasteiger partial charge in [-0.15, -0.1) is 0 Å². The largest absolute Gasteiger partial charge is 0.465 e. The monoisotopic (exact) mass is 580 g/mol. The fourth-order valence-electron chi connectivity index (χ4n) is 4.49. The molecule has 206 valence electrons. The number of nitrogens with zero attached hydrogens (tertiary/aromatic N) is 4. The van der Waals surface area contributed by atoms with Crippen LogP contribution in [0.5, 0.6) is 0 Å². The normalized spacial score (nSPS) is 14.2. The second kappa shape index (κ2) is 11.1. The Kier molecular flexibility index (Phi) is 7.61. The summed E-state index contributed by atoms with van der Waals surface area (Å²) in [6.07, 6.45) is 0.620. The Labute approximate surface area is 233 Å². The van der Waals surface area contributed by atoms with Gasteiger partial charge in [-0.05, 0) is 54.8 Å². The Morgan fingerprint density at radius 2 is 1.80 bits per heavy atom. The summed E-state index contributed by atoms with van der Waals surface area (Å²) in [5.74, 6) is -1.21. The molecule has 0 saturated heterocycles. The molecule has 1 aromatic heterocycles. The Hall–Kier alpha value is -4.20. The van der Waals surface area contributed by atoms with E-state index in [1.165, 1.54) is 51.3 Å². The van der Waals surface area contributed by atoms with Crippen molar-refractivity contribution in [3.63, 3.8) is 0 Å². The van der Waals surface area contributed by atoms with Gasteiger partial charge in [0, 0.05) is 30.8 Å². The Balaban J connectivity index is 1.44. The Bertz CT molecular complexity index is 1810.